The monoisotopic (exact) mass is 431 g/mol. The maximum absolute atomic E-state index is 12.4. The van der Waals surface area contributed by atoms with Crippen molar-refractivity contribution in [2.24, 2.45) is 0 Å². The summed E-state index contributed by atoms with van der Waals surface area (Å²) in [5.41, 5.74) is 2.70. The van der Waals surface area contributed by atoms with Crippen LogP contribution in [0.3, 0.4) is 0 Å². The first kappa shape index (κ1) is 21.2. The minimum atomic E-state index is -0.328. The Labute approximate surface area is 177 Å². The molecule has 0 bridgehead atoms. The van der Waals surface area contributed by atoms with Crippen LogP contribution in [-0.4, -0.2) is 46.0 Å². The van der Waals surface area contributed by atoms with Gasteiger partial charge in [0.15, 0.2) is 0 Å². The van der Waals surface area contributed by atoms with Crippen LogP contribution in [0.4, 0.5) is 4.79 Å². The molecular formula is C20H21N3O4S2. The molecule has 3 amide bonds. The molecule has 1 N–H and O–H groups in total. The van der Waals surface area contributed by atoms with Crippen molar-refractivity contribution in [3.8, 4) is 0 Å². The lowest BCUT2D eigenvalue weighted by atomic mass is 10.2. The van der Waals surface area contributed by atoms with Gasteiger partial charge in [0, 0.05) is 24.4 Å². The Bertz CT molecular complexity index is 921. The number of thioether (sulfide) groups is 2. The number of hydrogen-bond acceptors (Lipinski definition) is 7. The van der Waals surface area contributed by atoms with E-state index in [1.54, 1.807) is 6.08 Å². The molecule has 1 aliphatic rings. The number of nitrogens with one attached hydrogen (secondary N) is 1. The van der Waals surface area contributed by atoms with Gasteiger partial charge in [0.25, 0.3) is 11.1 Å². The van der Waals surface area contributed by atoms with Gasteiger partial charge < -0.3 is 9.84 Å². The molecule has 29 heavy (non-hydrogen) atoms. The summed E-state index contributed by atoms with van der Waals surface area (Å²) >= 11 is 2.38. The molecule has 1 fully saturated rings. The number of imide groups is 1. The van der Waals surface area contributed by atoms with Gasteiger partial charge in [-0.15, -0.1) is 11.8 Å². The van der Waals surface area contributed by atoms with E-state index in [0.29, 0.717) is 10.7 Å². The van der Waals surface area contributed by atoms with Gasteiger partial charge in [-0.25, -0.2) is 0 Å². The van der Waals surface area contributed by atoms with Gasteiger partial charge in [-0.3, -0.25) is 19.3 Å². The smallest absolute Gasteiger partial charge is 0.293 e. The highest BCUT2D eigenvalue weighted by molar-refractivity contribution is 8.18. The van der Waals surface area contributed by atoms with E-state index in [9.17, 15) is 14.4 Å². The zero-order valence-electron chi connectivity index (χ0n) is 16.1. The Morgan fingerprint density at radius 3 is 2.72 bits per heavy atom. The average molecular weight is 432 g/mol. The zero-order valence-corrected chi connectivity index (χ0v) is 17.8. The van der Waals surface area contributed by atoms with E-state index >= 15 is 0 Å². The maximum Gasteiger partial charge on any atom is 0.293 e. The van der Waals surface area contributed by atoms with Crippen LogP contribution in [0, 0.1) is 13.8 Å². The number of benzene rings is 1. The Hall–Kier alpha value is -2.52. The van der Waals surface area contributed by atoms with E-state index in [-0.39, 0.29) is 35.9 Å². The Morgan fingerprint density at radius 2 is 2.03 bits per heavy atom. The second-order valence-electron chi connectivity index (χ2n) is 6.39. The molecule has 2 heterocycles. The molecule has 7 nitrogen and oxygen atoms in total. The maximum atomic E-state index is 12.4. The SMILES string of the molecule is Cc1noc(C)c1CSCC(=O)NCCN1C(=O)S/C(=C\c2ccccc2)C1=O. The summed E-state index contributed by atoms with van der Waals surface area (Å²) in [5.74, 6) is 1.21. The molecular weight excluding hydrogens is 410 g/mol. The van der Waals surface area contributed by atoms with Crippen molar-refractivity contribution in [2.75, 3.05) is 18.8 Å². The van der Waals surface area contributed by atoms with E-state index in [4.69, 9.17) is 4.52 Å². The Morgan fingerprint density at radius 1 is 1.28 bits per heavy atom. The molecule has 0 saturated carbocycles. The zero-order chi connectivity index (χ0) is 20.8. The fourth-order valence-electron chi connectivity index (χ4n) is 2.71. The second-order valence-corrected chi connectivity index (χ2v) is 8.37. The van der Waals surface area contributed by atoms with E-state index in [0.717, 1.165) is 39.2 Å². The normalized spacial score (nSPS) is 15.4. The van der Waals surface area contributed by atoms with Crippen molar-refractivity contribution in [3.05, 3.63) is 57.8 Å². The number of amides is 3. The highest BCUT2D eigenvalue weighted by atomic mass is 32.2. The summed E-state index contributed by atoms with van der Waals surface area (Å²) in [7, 11) is 0. The van der Waals surface area contributed by atoms with Crippen LogP contribution in [0.25, 0.3) is 6.08 Å². The van der Waals surface area contributed by atoms with Crippen LogP contribution < -0.4 is 5.32 Å². The van der Waals surface area contributed by atoms with Crippen LogP contribution >= 0.6 is 23.5 Å². The number of rotatable bonds is 8. The van der Waals surface area contributed by atoms with E-state index in [2.05, 4.69) is 10.5 Å². The second kappa shape index (κ2) is 9.80. The first-order valence-corrected chi connectivity index (χ1v) is 11.0. The summed E-state index contributed by atoms with van der Waals surface area (Å²) in [6.07, 6.45) is 1.70. The van der Waals surface area contributed by atoms with Crippen molar-refractivity contribution in [1.29, 1.82) is 0 Å². The van der Waals surface area contributed by atoms with Crippen molar-refractivity contribution in [3.63, 3.8) is 0 Å². The molecule has 1 aromatic heterocycles. The molecule has 9 heteroatoms. The Balaban J connectivity index is 1.43. The third-order valence-electron chi connectivity index (χ3n) is 4.29. The molecule has 3 rings (SSSR count). The first-order valence-electron chi connectivity index (χ1n) is 9.02. The molecule has 0 unspecified atom stereocenters. The van der Waals surface area contributed by atoms with E-state index in [1.165, 1.54) is 11.8 Å². The lowest BCUT2D eigenvalue weighted by Crippen LogP contribution is -2.37. The van der Waals surface area contributed by atoms with Gasteiger partial charge in [-0.2, -0.15) is 0 Å². The number of aryl methyl sites for hydroxylation is 2. The van der Waals surface area contributed by atoms with Crippen molar-refractivity contribution < 1.29 is 18.9 Å². The quantitative estimate of drug-likeness (QED) is 0.641. The number of nitrogens with zero attached hydrogens (tertiary/aromatic N) is 2. The number of aromatic nitrogens is 1. The molecule has 0 spiro atoms. The van der Waals surface area contributed by atoms with Crippen LogP contribution in [0.2, 0.25) is 0 Å². The molecule has 0 atom stereocenters. The molecule has 1 aromatic carbocycles. The predicted molar refractivity (Wildman–Crippen MR) is 114 cm³/mol. The molecule has 0 aliphatic carbocycles. The summed E-state index contributed by atoms with van der Waals surface area (Å²) in [4.78, 5) is 38.1. The third kappa shape index (κ3) is 5.51. The van der Waals surface area contributed by atoms with E-state index in [1.807, 2.05) is 44.2 Å². The van der Waals surface area contributed by atoms with Crippen molar-refractivity contribution >= 4 is 46.7 Å². The van der Waals surface area contributed by atoms with Gasteiger partial charge in [0.2, 0.25) is 5.91 Å². The number of hydrogen-bond donors (Lipinski definition) is 1. The van der Waals surface area contributed by atoms with Gasteiger partial charge in [0.1, 0.15) is 5.76 Å². The summed E-state index contributed by atoms with van der Waals surface area (Å²) in [6.45, 7) is 4.09. The Kier molecular flexibility index (Phi) is 7.16. The van der Waals surface area contributed by atoms with Crippen LogP contribution in [0.5, 0.6) is 0 Å². The van der Waals surface area contributed by atoms with Gasteiger partial charge in [0.05, 0.1) is 16.4 Å². The van der Waals surface area contributed by atoms with Gasteiger partial charge in [-0.1, -0.05) is 35.5 Å². The van der Waals surface area contributed by atoms with Crippen molar-refractivity contribution in [1.82, 2.24) is 15.4 Å². The average Bonchev–Trinajstić information content (AvgIpc) is 3.16. The molecule has 0 radical (unpaired) electrons. The van der Waals surface area contributed by atoms with Gasteiger partial charge in [-0.05, 0) is 37.2 Å². The molecule has 2 aromatic rings. The summed E-state index contributed by atoms with van der Waals surface area (Å²) in [5, 5.41) is 6.32. The topological polar surface area (TPSA) is 92.5 Å². The lowest BCUT2D eigenvalue weighted by molar-refractivity contribution is -0.123. The highest BCUT2D eigenvalue weighted by Crippen LogP contribution is 2.31. The fraction of sp³-hybridized carbons (Fsp3) is 0.300. The van der Waals surface area contributed by atoms with Gasteiger partial charge >= 0.3 is 0 Å². The summed E-state index contributed by atoms with van der Waals surface area (Å²) in [6, 6.07) is 9.37. The van der Waals surface area contributed by atoms with Crippen molar-refractivity contribution in [2.45, 2.75) is 19.6 Å². The van der Waals surface area contributed by atoms with Crippen LogP contribution in [0.1, 0.15) is 22.6 Å². The number of carbonyl (C=O) groups is 3. The highest BCUT2D eigenvalue weighted by Gasteiger charge is 2.34. The molecule has 152 valence electrons. The lowest BCUT2D eigenvalue weighted by Gasteiger charge is -2.13. The predicted octanol–water partition coefficient (Wildman–Crippen LogP) is 3.38. The largest absolute Gasteiger partial charge is 0.361 e. The molecule has 1 saturated heterocycles. The van der Waals surface area contributed by atoms with Crippen LogP contribution in [0.15, 0.2) is 39.8 Å². The molecule has 1 aliphatic heterocycles. The third-order valence-corrected chi connectivity index (χ3v) is 6.16. The minimum absolute atomic E-state index is 0.145. The first-order chi connectivity index (χ1) is 14.0. The fourth-order valence-corrected chi connectivity index (χ4v) is 4.58. The number of carbonyl (C=O) groups excluding carboxylic acids is 3. The van der Waals surface area contributed by atoms with Crippen LogP contribution in [-0.2, 0) is 15.3 Å². The minimum Gasteiger partial charge on any atom is -0.361 e. The standard InChI is InChI=1S/C20H21N3O4S2/c1-13-16(14(2)27-22-13)11-28-12-18(24)21-8-9-23-19(25)17(29-20(23)26)10-15-6-4-3-5-7-15/h3-7,10H,8-9,11-12H2,1-2H3,(H,21,24)/b17-10-. The van der Waals surface area contributed by atoms with E-state index < -0.39 is 0 Å². The summed E-state index contributed by atoms with van der Waals surface area (Å²) < 4.78 is 5.10.